The molecule has 1 aromatic carbocycles. The van der Waals surface area contributed by atoms with Crippen LogP contribution < -0.4 is 37.2 Å². The van der Waals surface area contributed by atoms with Gasteiger partial charge in [0.1, 0.15) is 36.8 Å². The van der Waals surface area contributed by atoms with Gasteiger partial charge < -0.3 is 72.6 Å². The van der Waals surface area contributed by atoms with Crippen LogP contribution in [-0.4, -0.2) is 157 Å². The highest BCUT2D eigenvalue weighted by atomic mass is 33.1. The van der Waals surface area contributed by atoms with E-state index in [1.165, 1.54) is 31.2 Å². The maximum absolute atomic E-state index is 13.1. The van der Waals surface area contributed by atoms with E-state index in [-0.39, 0.29) is 43.9 Å². The van der Waals surface area contributed by atoms with Gasteiger partial charge in [0, 0.05) is 37.1 Å². The van der Waals surface area contributed by atoms with Crippen molar-refractivity contribution in [3.05, 3.63) is 29.8 Å². The first kappa shape index (κ1) is 55.2. The number of anilines is 1. The van der Waals surface area contributed by atoms with E-state index in [1.54, 1.807) is 0 Å². The third-order valence-corrected chi connectivity index (χ3v) is 10.5. The van der Waals surface area contributed by atoms with E-state index >= 15 is 0 Å². The molecule has 13 N–H and O–H groups in total. The van der Waals surface area contributed by atoms with Crippen molar-refractivity contribution in [2.45, 2.75) is 88.5 Å². The molecule has 0 saturated heterocycles. The summed E-state index contributed by atoms with van der Waals surface area (Å²) in [5.74, 6) is -12.6. The fraction of sp³-hybridized carbons (Fsp3) is 0.500. The zero-order valence-corrected chi connectivity index (χ0v) is 35.6. The van der Waals surface area contributed by atoms with E-state index in [0.29, 0.717) is 11.3 Å². The van der Waals surface area contributed by atoms with E-state index in [2.05, 4.69) is 31.9 Å². The standard InChI is InChI=1S/C36H49N7O19S2/c1-18(44)62-12-13-63-64-17-25(34(58)59)41-31(53)24(16-29(50)51)40-30(52)23(15-28(48)49)39-26(45)14-19-5-7-20(8-6-19)38-35(60)37-11-3-2-4-21(32(54)55)42-36(61)43-22(33(56)57)9-10-27(46)47/h5-8,21-25H,2-4,9-17H2,1H3,(H,39,45)(H,40,52)(H,41,53)(H,46,47)(H,48,49)(H,50,51)(H,54,55)(H,56,57)(H,58,59)(H2,37,38,60)(H2,42,43,61)/t21-,22-,23-,24-,25-/m0/s1. The minimum atomic E-state index is -1.88. The Balaban J connectivity index is 2.71. The lowest BCUT2D eigenvalue weighted by atomic mass is 10.1. The fourth-order valence-electron chi connectivity index (χ4n) is 5.01. The number of amides is 7. The molecular formula is C36H49N7O19S2. The molecule has 64 heavy (non-hydrogen) atoms. The molecule has 354 valence electrons. The van der Waals surface area contributed by atoms with Crippen LogP contribution in [0.25, 0.3) is 0 Å². The molecule has 26 nitrogen and oxygen atoms in total. The van der Waals surface area contributed by atoms with Crippen LogP contribution in [-0.2, 0) is 59.1 Å². The molecule has 0 unspecified atom stereocenters. The van der Waals surface area contributed by atoms with E-state index in [4.69, 9.17) is 14.9 Å². The van der Waals surface area contributed by atoms with Crippen LogP contribution in [0.3, 0.4) is 0 Å². The first-order valence-electron chi connectivity index (χ1n) is 18.9. The highest BCUT2D eigenvalue weighted by Crippen LogP contribution is 2.22. The molecule has 0 spiro atoms. The van der Waals surface area contributed by atoms with Gasteiger partial charge in [-0.05, 0) is 43.4 Å². The molecule has 1 aromatic rings. The van der Waals surface area contributed by atoms with Crippen molar-refractivity contribution in [2.24, 2.45) is 0 Å². The average molecular weight is 948 g/mol. The van der Waals surface area contributed by atoms with Crippen LogP contribution in [0.2, 0.25) is 0 Å². The number of ether oxygens (including phenoxy) is 1. The molecule has 0 heterocycles. The Morgan fingerprint density at radius 2 is 1.12 bits per heavy atom. The summed E-state index contributed by atoms with van der Waals surface area (Å²) in [5, 5.41) is 71.2. The van der Waals surface area contributed by atoms with Gasteiger partial charge >= 0.3 is 53.8 Å². The molecule has 7 amide bonds. The number of carboxylic acids is 6. The number of urea groups is 2. The first-order chi connectivity index (χ1) is 30.1. The van der Waals surface area contributed by atoms with Crippen molar-refractivity contribution < 1.29 is 92.9 Å². The van der Waals surface area contributed by atoms with Crippen molar-refractivity contribution in [1.82, 2.24) is 31.9 Å². The van der Waals surface area contributed by atoms with E-state index in [0.717, 1.165) is 21.6 Å². The zero-order chi connectivity index (χ0) is 48.4. The number of carboxylic acid groups (broad SMARTS) is 6. The molecule has 0 fully saturated rings. The molecule has 0 saturated carbocycles. The summed E-state index contributed by atoms with van der Waals surface area (Å²) in [6.45, 7) is 1.32. The highest BCUT2D eigenvalue weighted by Gasteiger charge is 2.32. The van der Waals surface area contributed by atoms with Crippen molar-refractivity contribution in [3.8, 4) is 0 Å². The summed E-state index contributed by atoms with van der Waals surface area (Å²) >= 11 is 0. The van der Waals surface area contributed by atoms with Gasteiger partial charge in [-0.2, -0.15) is 0 Å². The molecule has 5 atom stereocenters. The van der Waals surface area contributed by atoms with E-state index < -0.39 is 134 Å². The van der Waals surface area contributed by atoms with Gasteiger partial charge in [-0.1, -0.05) is 33.7 Å². The maximum Gasteiger partial charge on any atom is 0.327 e. The number of benzene rings is 1. The number of esters is 1. The Labute approximate surface area is 371 Å². The van der Waals surface area contributed by atoms with Gasteiger partial charge in [0.15, 0.2) is 0 Å². The molecule has 1 rings (SSSR count). The number of carbonyl (C=O) groups excluding carboxylic acids is 6. The van der Waals surface area contributed by atoms with Gasteiger partial charge in [-0.3, -0.25) is 33.6 Å². The van der Waals surface area contributed by atoms with E-state index in [9.17, 15) is 78.0 Å². The number of hydrogen-bond acceptors (Lipinski definition) is 15. The van der Waals surface area contributed by atoms with Gasteiger partial charge in [0.2, 0.25) is 17.7 Å². The van der Waals surface area contributed by atoms with E-state index in [1.807, 2.05) is 5.32 Å². The van der Waals surface area contributed by atoms with Crippen LogP contribution in [0, 0.1) is 0 Å². The summed E-state index contributed by atoms with van der Waals surface area (Å²) < 4.78 is 4.76. The number of aliphatic carboxylic acids is 6. The van der Waals surface area contributed by atoms with Crippen LogP contribution in [0.1, 0.15) is 57.4 Å². The summed E-state index contributed by atoms with van der Waals surface area (Å²) in [4.78, 5) is 143. The Kier molecular flexibility index (Phi) is 25.4. The van der Waals surface area contributed by atoms with Crippen LogP contribution >= 0.6 is 21.6 Å². The highest BCUT2D eigenvalue weighted by molar-refractivity contribution is 8.76. The minimum absolute atomic E-state index is 0.0470. The molecular weight excluding hydrogens is 899 g/mol. The number of rotatable bonds is 31. The Morgan fingerprint density at radius 1 is 0.594 bits per heavy atom. The zero-order valence-electron chi connectivity index (χ0n) is 34.0. The lowest BCUT2D eigenvalue weighted by molar-refractivity contribution is -0.144. The second kappa shape index (κ2) is 29.5. The molecule has 0 bridgehead atoms. The lowest BCUT2D eigenvalue weighted by Crippen LogP contribution is -2.57. The predicted octanol–water partition coefficient (Wildman–Crippen LogP) is -0.976. The van der Waals surface area contributed by atoms with Crippen LogP contribution in [0.15, 0.2) is 24.3 Å². The third-order valence-electron chi connectivity index (χ3n) is 8.08. The largest absolute Gasteiger partial charge is 0.481 e. The molecule has 0 aliphatic carbocycles. The fourth-order valence-corrected chi connectivity index (χ4v) is 6.99. The SMILES string of the molecule is CC(=O)OCCSSC[C@H](NC(=O)[C@H](CC(=O)O)NC(=O)[C@H](CC(=O)O)NC(=O)Cc1ccc(NC(=O)NCCCC[C@H](NC(=O)N[C@@H](CCC(=O)O)C(=O)O)C(=O)O)cc1)C(=O)O. The number of carbonyl (C=O) groups is 12. The van der Waals surface area contributed by atoms with Gasteiger partial charge in [0.25, 0.3) is 0 Å². The lowest BCUT2D eigenvalue weighted by Gasteiger charge is -2.23. The average Bonchev–Trinajstić information content (AvgIpc) is 3.18. The third kappa shape index (κ3) is 24.6. The Morgan fingerprint density at radius 3 is 1.64 bits per heavy atom. The topological polar surface area (TPSA) is 420 Å². The quantitative estimate of drug-likeness (QED) is 0.0242. The Bertz CT molecular complexity index is 1850. The number of nitrogens with one attached hydrogen (secondary N) is 7. The minimum Gasteiger partial charge on any atom is -0.481 e. The molecule has 0 radical (unpaired) electrons. The van der Waals surface area contributed by atoms with Crippen molar-refractivity contribution >= 4 is 98.8 Å². The van der Waals surface area contributed by atoms with Crippen molar-refractivity contribution in [1.29, 1.82) is 0 Å². The predicted molar refractivity (Wildman–Crippen MR) is 222 cm³/mol. The number of hydrogen-bond donors (Lipinski definition) is 13. The van der Waals surface area contributed by atoms with Crippen LogP contribution in [0.4, 0.5) is 15.3 Å². The summed E-state index contributed by atoms with van der Waals surface area (Å²) in [6.07, 6.45) is -3.07. The smallest absolute Gasteiger partial charge is 0.327 e. The number of unbranched alkanes of at least 4 members (excludes halogenated alkanes) is 1. The monoisotopic (exact) mass is 947 g/mol. The molecule has 28 heteroatoms. The second-order valence-corrected chi connectivity index (χ2v) is 15.9. The van der Waals surface area contributed by atoms with Crippen LogP contribution in [0.5, 0.6) is 0 Å². The van der Waals surface area contributed by atoms with Crippen molar-refractivity contribution in [3.63, 3.8) is 0 Å². The summed E-state index contributed by atoms with van der Waals surface area (Å²) in [5.41, 5.74) is 0.593. The first-order valence-corrected chi connectivity index (χ1v) is 21.4. The van der Waals surface area contributed by atoms with Gasteiger partial charge in [0.05, 0.1) is 19.3 Å². The van der Waals surface area contributed by atoms with Gasteiger partial charge in [-0.25, -0.2) is 24.0 Å². The maximum atomic E-state index is 13.1. The molecule has 0 aromatic heterocycles. The van der Waals surface area contributed by atoms with Gasteiger partial charge in [-0.15, -0.1) is 0 Å². The normalized spacial score (nSPS) is 12.9. The Hall–Kier alpha value is -6.84. The summed E-state index contributed by atoms with van der Waals surface area (Å²) in [7, 11) is 2.13. The summed E-state index contributed by atoms with van der Waals surface area (Å²) in [6, 6.07) is -4.36. The molecule has 0 aliphatic heterocycles. The van der Waals surface area contributed by atoms with Crippen molar-refractivity contribution in [2.75, 3.05) is 30.0 Å². The second-order valence-electron chi connectivity index (χ2n) is 13.3. The molecule has 0 aliphatic rings.